The third-order valence-corrected chi connectivity index (χ3v) is 1.73. The molecule has 0 unspecified atom stereocenters. The molecule has 1 amide bonds. The normalized spacial score (nSPS) is 11.6. The number of amides is 1. The quantitative estimate of drug-likeness (QED) is 0.215. The average Bonchev–Trinajstić information content (AvgIpc) is 2.11. The summed E-state index contributed by atoms with van der Waals surface area (Å²) in [5, 5.41) is 44.4. The number of aliphatic hydroxyl groups excluding tert-OH is 1. The van der Waals surface area contributed by atoms with E-state index in [2.05, 4.69) is 0 Å². The molecule has 0 aromatic rings. The average molecular weight is 237 g/mol. The molecule has 0 aliphatic carbocycles. The van der Waals surface area contributed by atoms with Gasteiger partial charge in [-0.3, -0.25) is 9.59 Å². The van der Waals surface area contributed by atoms with Crippen LogP contribution in [0.4, 0.5) is 0 Å². The molecule has 0 saturated heterocycles. The van der Waals surface area contributed by atoms with Gasteiger partial charge in [-0.1, -0.05) is 0 Å². The largest absolute Gasteiger partial charge is 0.481 e. The van der Waals surface area contributed by atoms with Crippen LogP contribution in [-0.4, -0.2) is 49.6 Å². The molecule has 0 atom stereocenters. The second kappa shape index (κ2) is 6.38. The number of aliphatic hydroxyl groups is 4. The Hall–Kier alpha value is -1.22. The number of carboxylic acid groups (broad SMARTS) is 1. The Morgan fingerprint density at radius 2 is 1.62 bits per heavy atom. The maximum atomic E-state index is 11.0. The Morgan fingerprint density at radius 3 is 2.06 bits per heavy atom. The Balaban J connectivity index is 3.79. The van der Waals surface area contributed by atoms with Crippen LogP contribution >= 0.6 is 0 Å². The van der Waals surface area contributed by atoms with E-state index in [1.807, 2.05) is 0 Å². The number of aliphatic carboxylic acids is 1. The molecule has 6 N–H and O–H groups in total. The van der Waals surface area contributed by atoms with Crippen molar-refractivity contribution in [1.82, 2.24) is 5.32 Å². The lowest BCUT2D eigenvalue weighted by atomic mass is 10.2. The molecular weight excluding hydrogens is 222 g/mol. The summed E-state index contributed by atoms with van der Waals surface area (Å²) in [5.74, 6) is -4.89. The van der Waals surface area contributed by atoms with Gasteiger partial charge in [-0.25, -0.2) is 0 Å². The highest BCUT2D eigenvalue weighted by molar-refractivity contribution is 5.76. The highest BCUT2D eigenvalue weighted by atomic mass is 16.6. The molecule has 8 heteroatoms. The molecular formula is C8H15NO7. The van der Waals surface area contributed by atoms with Gasteiger partial charge >= 0.3 is 5.97 Å². The first-order valence-corrected chi connectivity index (χ1v) is 4.59. The molecule has 0 aromatic carbocycles. The van der Waals surface area contributed by atoms with E-state index in [9.17, 15) is 9.59 Å². The van der Waals surface area contributed by atoms with Gasteiger partial charge in [0.25, 0.3) is 5.91 Å². The number of unbranched alkanes of at least 4 members (excludes halogenated alkanes) is 1. The third kappa shape index (κ3) is 6.30. The molecule has 0 saturated carbocycles. The topological polar surface area (TPSA) is 147 Å². The van der Waals surface area contributed by atoms with Crippen LogP contribution in [0.3, 0.4) is 0 Å². The van der Waals surface area contributed by atoms with Crippen LogP contribution in [0, 0.1) is 0 Å². The van der Waals surface area contributed by atoms with Gasteiger partial charge in [0, 0.05) is 12.8 Å². The number of carbonyl (C=O) groups excluding carboxylic acids is 1. The van der Waals surface area contributed by atoms with Crippen molar-refractivity contribution < 1.29 is 35.1 Å². The number of carboxylic acids is 1. The van der Waals surface area contributed by atoms with Gasteiger partial charge in [-0.15, -0.1) is 0 Å². The van der Waals surface area contributed by atoms with E-state index in [4.69, 9.17) is 25.5 Å². The molecule has 0 heterocycles. The Bertz CT molecular complexity index is 251. The van der Waals surface area contributed by atoms with Crippen LogP contribution in [0.2, 0.25) is 0 Å². The highest BCUT2D eigenvalue weighted by Gasteiger charge is 2.33. The Morgan fingerprint density at radius 1 is 1.12 bits per heavy atom. The smallest absolute Gasteiger partial charge is 0.303 e. The maximum Gasteiger partial charge on any atom is 0.303 e. The van der Waals surface area contributed by atoms with Gasteiger partial charge < -0.3 is 30.8 Å². The van der Waals surface area contributed by atoms with E-state index in [0.717, 1.165) is 0 Å². The SMILES string of the molecule is O=C(O)CCCCC(=O)NC(O)(O)C(O)O. The zero-order valence-electron chi connectivity index (χ0n) is 8.46. The van der Waals surface area contributed by atoms with Crippen LogP contribution in [0.5, 0.6) is 0 Å². The van der Waals surface area contributed by atoms with Crippen molar-refractivity contribution in [2.45, 2.75) is 37.9 Å². The van der Waals surface area contributed by atoms with Crippen LogP contribution in [0.15, 0.2) is 0 Å². The number of rotatable bonds is 7. The van der Waals surface area contributed by atoms with Crippen LogP contribution in [0.1, 0.15) is 25.7 Å². The second-order valence-corrected chi connectivity index (χ2v) is 3.25. The minimum absolute atomic E-state index is 0.0840. The minimum atomic E-state index is -3.09. The number of nitrogens with one attached hydrogen (secondary N) is 1. The van der Waals surface area contributed by atoms with E-state index in [-0.39, 0.29) is 25.7 Å². The predicted molar refractivity (Wildman–Crippen MR) is 49.6 cm³/mol. The van der Waals surface area contributed by atoms with Crippen molar-refractivity contribution in [3.8, 4) is 0 Å². The van der Waals surface area contributed by atoms with Crippen molar-refractivity contribution in [1.29, 1.82) is 0 Å². The third-order valence-electron chi connectivity index (χ3n) is 1.73. The Labute approximate surface area is 91.1 Å². The molecule has 0 aromatic heterocycles. The Kier molecular flexibility index (Phi) is 5.89. The van der Waals surface area contributed by atoms with Crippen molar-refractivity contribution in [3.05, 3.63) is 0 Å². The van der Waals surface area contributed by atoms with Crippen LogP contribution in [-0.2, 0) is 9.59 Å². The van der Waals surface area contributed by atoms with E-state index in [0.29, 0.717) is 0 Å². The molecule has 8 nitrogen and oxygen atoms in total. The fraction of sp³-hybridized carbons (Fsp3) is 0.750. The second-order valence-electron chi connectivity index (χ2n) is 3.25. The van der Waals surface area contributed by atoms with Crippen LogP contribution < -0.4 is 5.32 Å². The maximum absolute atomic E-state index is 11.0. The lowest BCUT2D eigenvalue weighted by Crippen LogP contribution is -2.56. The lowest BCUT2D eigenvalue weighted by Gasteiger charge is -2.24. The van der Waals surface area contributed by atoms with E-state index in [1.54, 1.807) is 5.32 Å². The highest BCUT2D eigenvalue weighted by Crippen LogP contribution is 2.03. The van der Waals surface area contributed by atoms with Gasteiger partial charge in [-0.05, 0) is 12.8 Å². The zero-order chi connectivity index (χ0) is 12.8. The summed E-state index contributed by atoms with van der Waals surface area (Å²) in [5.41, 5.74) is 0. The number of carbonyl (C=O) groups is 2. The van der Waals surface area contributed by atoms with E-state index >= 15 is 0 Å². The van der Waals surface area contributed by atoms with E-state index in [1.165, 1.54) is 0 Å². The monoisotopic (exact) mass is 237 g/mol. The lowest BCUT2D eigenvalue weighted by molar-refractivity contribution is -0.301. The summed E-state index contributed by atoms with van der Waals surface area (Å²) < 4.78 is 0. The summed E-state index contributed by atoms with van der Waals surface area (Å²) in [6, 6.07) is 0. The summed E-state index contributed by atoms with van der Waals surface area (Å²) in [6.07, 6.45) is -2.22. The van der Waals surface area contributed by atoms with E-state index < -0.39 is 24.1 Å². The molecule has 16 heavy (non-hydrogen) atoms. The van der Waals surface area contributed by atoms with Crippen molar-refractivity contribution in [2.75, 3.05) is 0 Å². The van der Waals surface area contributed by atoms with Gasteiger partial charge in [0.2, 0.25) is 12.2 Å². The first kappa shape index (κ1) is 14.8. The summed E-state index contributed by atoms with van der Waals surface area (Å²) in [4.78, 5) is 21.1. The van der Waals surface area contributed by atoms with Crippen molar-refractivity contribution in [2.24, 2.45) is 0 Å². The molecule has 0 aliphatic heterocycles. The fourth-order valence-electron chi connectivity index (χ4n) is 0.894. The standard InChI is InChI=1S/C8H15NO7/c10-5(3-1-2-4-6(11)12)9-8(15,16)7(13)14/h7,13-16H,1-4H2,(H,9,10)(H,11,12). The molecule has 94 valence electrons. The summed E-state index contributed by atoms with van der Waals surface area (Å²) in [7, 11) is 0. The number of hydrogen-bond acceptors (Lipinski definition) is 6. The summed E-state index contributed by atoms with van der Waals surface area (Å²) >= 11 is 0. The van der Waals surface area contributed by atoms with Crippen molar-refractivity contribution >= 4 is 11.9 Å². The molecule has 0 aliphatic rings. The molecule has 0 radical (unpaired) electrons. The number of hydrogen-bond donors (Lipinski definition) is 6. The predicted octanol–water partition coefficient (Wildman–Crippen LogP) is -2.30. The molecule has 0 rings (SSSR count). The van der Waals surface area contributed by atoms with Crippen LogP contribution in [0.25, 0.3) is 0 Å². The summed E-state index contributed by atoms with van der Waals surface area (Å²) in [6.45, 7) is 0. The molecule has 0 fully saturated rings. The van der Waals surface area contributed by atoms with Gasteiger partial charge in [0.1, 0.15) is 0 Å². The zero-order valence-corrected chi connectivity index (χ0v) is 8.46. The molecule has 0 bridgehead atoms. The van der Waals surface area contributed by atoms with Crippen molar-refractivity contribution in [3.63, 3.8) is 0 Å². The van der Waals surface area contributed by atoms with Gasteiger partial charge in [0.05, 0.1) is 0 Å². The molecule has 0 spiro atoms. The first-order chi connectivity index (χ1) is 7.25. The van der Waals surface area contributed by atoms with Gasteiger partial charge in [0.15, 0.2) is 0 Å². The van der Waals surface area contributed by atoms with Gasteiger partial charge in [-0.2, -0.15) is 0 Å². The first-order valence-electron chi connectivity index (χ1n) is 4.59. The minimum Gasteiger partial charge on any atom is -0.481 e. The fourth-order valence-corrected chi connectivity index (χ4v) is 0.894.